The van der Waals surface area contributed by atoms with Crippen molar-refractivity contribution in [2.75, 3.05) is 19.6 Å². The third-order valence-electron chi connectivity index (χ3n) is 6.17. The van der Waals surface area contributed by atoms with Crippen LogP contribution in [0.5, 0.6) is 0 Å². The molecule has 8 nitrogen and oxygen atoms in total. The van der Waals surface area contributed by atoms with Crippen molar-refractivity contribution >= 4 is 11.9 Å². The predicted molar refractivity (Wildman–Crippen MR) is 121 cm³/mol. The van der Waals surface area contributed by atoms with Gasteiger partial charge in [0.25, 0.3) is 0 Å². The van der Waals surface area contributed by atoms with Crippen LogP contribution in [-0.2, 0) is 11.3 Å². The van der Waals surface area contributed by atoms with E-state index in [2.05, 4.69) is 27.8 Å². The molecule has 1 atom stereocenters. The predicted octanol–water partition coefficient (Wildman–Crippen LogP) is 2.50. The van der Waals surface area contributed by atoms with Gasteiger partial charge < -0.3 is 15.5 Å². The SMILES string of the molecule is CCNC(=NCc1nncn1-c1ccccc1)NC1CCN(C(=O)C2CCCCC2)C1. The second-order valence-corrected chi connectivity index (χ2v) is 8.40. The Labute approximate surface area is 184 Å². The van der Waals surface area contributed by atoms with Crippen LogP contribution < -0.4 is 10.6 Å². The summed E-state index contributed by atoms with van der Waals surface area (Å²) < 4.78 is 1.95. The van der Waals surface area contributed by atoms with E-state index in [4.69, 9.17) is 4.99 Å². The average Bonchev–Trinajstić information content (AvgIpc) is 3.48. The summed E-state index contributed by atoms with van der Waals surface area (Å²) in [7, 11) is 0. The maximum atomic E-state index is 12.8. The number of hydrogen-bond donors (Lipinski definition) is 2. The summed E-state index contributed by atoms with van der Waals surface area (Å²) in [5.74, 6) is 2.12. The third kappa shape index (κ3) is 5.42. The zero-order valence-corrected chi connectivity index (χ0v) is 18.3. The van der Waals surface area contributed by atoms with E-state index in [1.807, 2.05) is 39.8 Å². The Hall–Kier alpha value is -2.90. The minimum absolute atomic E-state index is 0.220. The van der Waals surface area contributed by atoms with Gasteiger partial charge in [-0.25, -0.2) is 4.99 Å². The van der Waals surface area contributed by atoms with Crippen molar-refractivity contribution in [1.82, 2.24) is 30.3 Å². The second kappa shape index (κ2) is 10.4. The maximum absolute atomic E-state index is 12.8. The van der Waals surface area contributed by atoms with Gasteiger partial charge in [-0.05, 0) is 38.3 Å². The van der Waals surface area contributed by atoms with E-state index in [-0.39, 0.29) is 12.0 Å². The van der Waals surface area contributed by atoms with Crippen LogP contribution in [0.1, 0.15) is 51.3 Å². The second-order valence-electron chi connectivity index (χ2n) is 8.40. The van der Waals surface area contributed by atoms with Crippen LogP contribution >= 0.6 is 0 Å². The standard InChI is InChI=1S/C23H33N7O/c1-2-24-23(25-15-21-28-26-17-30(21)20-11-7-4-8-12-20)27-19-13-14-29(16-19)22(31)18-9-5-3-6-10-18/h4,7-8,11-12,17-19H,2-3,5-6,9-10,13-16H2,1H3,(H2,24,25,27). The molecule has 2 heterocycles. The van der Waals surface area contributed by atoms with Crippen LogP contribution in [0.3, 0.4) is 0 Å². The molecule has 1 saturated carbocycles. The van der Waals surface area contributed by atoms with Crippen molar-refractivity contribution in [2.45, 2.75) is 58.0 Å². The first-order chi connectivity index (χ1) is 15.2. The summed E-state index contributed by atoms with van der Waals surface area (Å²) in [6, 6.07) is 10.2. The zero-order valence-electron chi connectivity index (χ0n) is 18.3. The summed E-state index contributed by atoms with van der Waals surface area (Å²) in [5, 5.41) is 15.1. The number of aromatic nitrogens is 3. The number of hydrogen-bond acceptors (Lipinski definition) is 4. The first-order valence-electron chi connectivity index (χ1n) is 11.5. The first kappa shape index (κ1) is 21.3. The zero-order chi connectivity index (χ0) is 21.5. The van der Waals surface area contributed by atoms with Gasteiger partial charge in [-0.3, -0.25) is 9.36 Å². The van der Waals surface area contributed by atoms with E-state index >= 15 is 0 Å². The fourth-order valence-electron chi connectivity index (χ4n) is 4.52. The van der Waals surface area contributed by atoms with E-state index in [1.54, 1.807) is 6.33 Å². The lowest BCUT2D eigenvalue weighted by Crippen LogP contribution is -2.45. The Morgan fingerprint density at radius 1 is 1.16 bits per heavy atom. The van der Waals surface area contributed by atoms with Gasteiger partial charge >= 0.3 is 0 Å². The van der Waals surface area contributed by atoms with Gasteiger partial charge in [0.05, 0.1) is 0 Å². The average molecular weight is 424 g/mol. The van der Waals surface area contributed by atoms with Crippen LogP contribution in [0.4, 0.5) is 0 Å². The molecular formula is C23H33N7O. The van der Waals surface area contributed by atoms with Crippen LogP contribution in [0.15, 0.2) is 41.7 Å². The van der Waals surface area contributed by atoms with Crippen LogP contribution in [0.2, 0.25) is 0 Å². The van der Waals surface area contributed by atoms with Gasteiger partial charge in [0, 0.05) is 37.3 Å². The molecule has 4 rings (SSSR count). The fraction of sp³-hybridized carbons (Fsp3) is 0.565. The lowest BCUT2D eigenvalue weighted by molar-refractivity contribution is -0.135. The number of benzene rings is 1. The Morgan fingerprint density at radius 3 is 2.74 bits per heavy atom. The number of amides is 1. The molecule has 31 heavy (non-hydrogen) atoms. The van der Waals surface area contributed by atoms with E-state index < -0.39 is 0 Å². The summed E-state index contributed by atoms with van der Waals surface area (Å²) in [4.78, 5) is 19.6. The number of nitrogens with one attached hydrogen (secondary N) is 2. The van der Waals surface area contributed by atoms with Crippen LogP contribution in [0.25, 0.3) is 5.69 Å². The van der Waals surface area contributed by atoms with E-state index in [9.17, 15) is 4.79 Å². The van der Waals surface area contributed by atoms with Gasteiger partial charge in [0.1, 0.15) is 12.9 Å². The molecule has 2 aromatic rings. The maximum Gasteiger partial charge on any atom is 0.225 e. The molecule has 2 aliphatic rings. The van der Waals surface area contributed by atoms with Crippen molar-refractivity contribution < 1.29 is 4.79 Å². The Kier molecular flexibility index (Phi) is 7.17. The van der Waals surface area contributed by atoms with Gasteiger partial charge in [0.2, 0.25) is 5.91 Å². The fourth-order valence-corrected chi connectivity index (χ4v) is 4.52. The molecule has 8 heteroatoms. The molecule has 0 radical (unpaired) electrons. The van der Waals surface area contributed by atoms with Gasteiger partial charge in [-0.15, -0.1) is 10.2 Å². The molecule has 1 aliphatic heterocycles. The molecule has 0 spiro atoms. The van der Waals surface area contributed by atoms with E-state index in [1.165, 1.54) is 19.3 Å². The van der Waals surface area contributed by atoms with Gasteiger partial charge in [0.15, 0.2) is 11.8 Å². The number of carbonyl (C=O) groups is 1. The van der Waals surface area contributed by atoms with Gasteiger partial charge in [-0.2, -0.15) is 0 Å². The molecular weight excluding hydrogens is 390 g/mol. The number of nitrogens with zero attached hydrogens (tertiary/aromatic N) is 5. The summed E-state index contributed by atoms with van der Waals surface area (Å²) in [6.07, 6.45) is 8.43. The largest absolute Gasteiger partial charge is 0.357 e. The Bertz CT molecular complexity index is 873. The van der Waals surface area contributed by atoms with Crippen molar-refractivity contribution in [2.24, 2.45) is 10.9 Å². The summed E-state index contributed by atoms with van der Waals surface area (Å²) in [6.45, 7) is 4.82. The molecule has 166 valence electrons. The number of para-hydroxylation sites is 1. The quantitative estimate of drug-likeness (QED) is 0.551. The minimum Gasteiger partial charge on any atom is -0.357 e. The molecule has 2 N–H and O–H groups in total. The highest BCUT2D eigenvalue weighted by Crippen LogP contribution is 2.26. The van der Waals surface area contributed by atoms with Gasteiger partial charge in [-0.1, -0.05) is 37.5 Å². The van der Waals surface area contributed by atoms with E-state index in [0.29, 0.717) is 12.5 Å². The highest BCUT2D eigenvalue weighted by atomic mass is 16.2. The van der Waals surface area contributed by atoms with Crippen molar-refractivity contribution in [3.63, 3.8) is 0 Å². The van der Waals surface area contributed by atoms with Crippen molar-refractivity contribution in [3.05, 3.63) is 42.5 Å². The number of likely N-dealkylation sites (tertiary alicyclic amines) is 1. The molecule has 1 aromatic carbocycles. The highest BCUT2D eigenvalue weighted by molar-refractivity contribution is 5.81. The van der Waals surface area contributed by atoms with Crippen molar-refractivity contribution in [3.8, 4) is 5.69 Å². The topological polar surface area (TPSA) is 87.4 Å². The van der Waals surface area contributed by atoms with E-state index in [0.717, 1.165) is 56.4 Å². The third-order valence-corrected chi connectivity index (χ3v) is 6.17. The molecule has 2 fully saturated rings. The summed E-state index contributed by atoms with van der Waals surface area (Å²) in [5.41, 5.74) is 1.02. The smallest absolute Gasteiger partial charge is 0.225 e. The minimum atomic E-state index is 0.220. The first-order valence-corrected chi connectivity index (χ1v) is 11.5. The monoisotopic (exact) mass is 423 g/mol. The molecule has 1 aromatic heterocycles. The van der Waals surface area contributed by atoms with Crippen LogP contribution in [-0.4, -0.2) is 57.2 Å². The lowest BCUT2D eigenvalue weighted by atomic mass is 9.88. The number of carbonyl (C=O) groups excluding carboxylic acids is 1. The Balaban J connectivity index is 1.36. The Morgan fingerprint density at radius 2 is 1.97 bits per heavy atom. The molecule has 1 amide bonds. The molecule has 1 saturated heterocycles. The number of rotatable bonds is 6. The molecule has 1 unspecified atom stereocenters. The molecule has 1 aliphatic carbocycles. The normalized spacial score (nSPS) is 20.1. The molecule has 0 bridgehead atoms. The van der Waals surface area contributed by atoms with Crippen molar-refractivity contribution in [1.29, 1.82) is 0 Å². The number of guanidine groups is 1. The highest BCUT2D eigenvalue weighted by Gasteiger charge is 2.31. The van der Waals surface area contributed by atoms with Crippen LogP contribution in [0, 0.1) is 5.92 Å². The lowest BCUT2D eigenvalue weighted by Gasteiger charge is -2.26. The summed E-state index contributed by atoms with van der Waals surface area (Å²) >= 11 is 0. The number of aliphatic imine (C=N–C) groups is 1.